The normalized spacial score (nSPS) is 11.0. The minimum absolute atomic E-state index is 0.415. The van der Waals surface area contributed by atoms with Gasteiger partial charge >= 0.3 is 0 Å². The number of benzene rings is 1. The van der Waals surface area contributed by atoms with Crippen LogP contribution in [-0.2, 0) is 13.2 Å². The molecule has 0 atom stereocenters. The van der Waals surface area contributed by atoms with Gasteiger partial charge in [-0.2, -0.15) is 0 Å². The van der Waals surface area contributed by atoms with Crippen molar-refractivity contribution in [1.82, 2.24) is 14.7 Å². The van der Waals surface area contributed by atoms with Crippen LogP contribution in [-0.4, -0.2) is 16.4 Å². The van der Waals surface area contributed by atoms with E-state index in [1.807, 2.05) is 60.2 Å². The average Bonchev–Trinajstić information content (AvgIpc) is 2.91. The maximum Gasteiger partial charge on any atom is 0.137 e. The number of imidazole rings is 1. The molecule has 0 amide bonds. The first-order chi connectivity index (χ1) is 10.3. The van der Waals surface area contributed by atoms with E-state index in [0.717, 1.165) is 22.7 Å². The second kappa shape index (κ2) is 6.16. The van der Waals surface area contributed by atoms with Crippen molar-refractivity contribution in [3.63, 3.8) is 0 Å². The molecule has 5 heteroatoms. The molecule has 2 heterocycles. The summed E-state index contributed by atoms with van der Waals surface area (Å²) in [6, 6.07) is 11.6. The highest BCUT2D eigenvalue weighted by Gasteiger charge is 2.08. The van der Waals surface area contributed by atoms with Gasteiger partial charge in [0.2, 0.25) is 0 Å². The quantitative estimate of drug-likeness (QED) is 0.786. The zero-order valence-electron chi connectivity index (χ0n) is 11.7. The molecule has 1 aromatic carbocycles. The summed E-state index contributed by atoms with van der Waals surface area (Å²) < 4.78 is 7.86. The monoisotopic (exact) mass is 301 g/mol. The first kappa shape index (κ1) is 13.9. The number of nitrogens with one attached hydrogen (secondary N) is 1. The molecule has 108 valence electrons. The van der Waals surface area contributed by atoms with Crippen molar-refractivity contribution in [1.29, 1.82) is 0 Å². The summed E-state index contributed by atoms with van der Waals surface area (Å²) in [5.74, 6) is 0.786. The third-order valence-electron chi connectivity index (χ3n) is 3.22. The van der Waals surface area contributed by atoms with Crippen LogP contribution in [0.4, 0.5) is 0 Å². The van der Waals surface area contributed by atoms with Gasteiger partial charge in [-0.05, 0) is 31.3 Å². The first-order valence-electron chi connectivity index (χ1n) is 6.75. The second-order valence-corrected chi connectivity index (χ2v) is 5.14. The molecule has 21 heavy (non-hydrogen) atoms. The molecule has 3 aromatic rings. The van der Waals surface area contributed by atoms with Crippen molar-refractivity contribution in [3.05, 3.63) is 65.1 Å². The van der Waals surface area contributed by atoms with Gasteiger partial charge in [-0.25, -0.2) is 4.98 Å². The minimum Gasteiger partial charge on any atom is -0.487 e. The zero-order chi connectivity index (χ0) is 14.7. The Bertz CT molecular complexity index is 721. The Labute approximate surface area is 128 Å². The van der Waals surface area contributed by atoms with Gasteiger partial charge in [-0.3, -0.25) is 0 Å². The number of ether oxygens (including phenoxy) is 1. The van der Waals surface area contributed by atoms with Gasteiger partial charge in [0, 0.05) is 29.5 Å². The summed E-state index contributed by atoms with van der Waals surface area (Å²) in [5, 5.41) is 3.81. The summed E-state index contributed by atoms with van der Waals surface area (Å²) >= 11 is 6.21. The molecule has 0 saturated heterocycles. The predicted molar refractivity (Wildman–Crippen MR) is 83.7 cm³/mol. The number of hydrogen-bond donors (Lipinski definition) is 1. The summed E-state index contributed by atoms with van der Waals surface area (Å²) in [6.45, 7) is 1.08. The lowest BCUT2D eigenvalue weighted by atomic mass is 10.2. The maximum atomic E-state index is 6.21. The van der Waals surface area contributed by atoms with Crippen LogP contribution in [0.15, 0.2) is 48.8 Å². The van der Waals surface area contributed by atoms with Crippen LogP contribution >= 0.6 is 11.6 Å². The largest absolute Gasteiger partial charge is 0.487 e. The van der Waals surface area contributed by atoms with Crippen molar-refractivity contribution in [2.45, 2.75) is 13.2 Å². The third kappa shape index (κ3) is 3.01. The van der Waals surface area contributed by atoms with E-state index in [1.54, 1.807) is 0 Å². The Morgan fingerprint density at radius 3 is 2.95 bits per heavy atom. The second-order valence-electron chi connectivity index (χ2n) is 4.73. The van der Waals surface area contributed by atoms with Crippen LogP contribution in [0.3, 0.4) is 0 Å². The molecule has 3 rings (SSSR count). The fourth-order valence-electron chi connectivity index (χ4n) is 2.23. The Morgan fingerprint density at radius 1 is 1.24 bits per heavy atom. The van der Waals surface area contributed by atoms with E-state index in [0.29, 0.717) is 18.2 Å². The van der Waals surface area contributed by atoms with Gasteiger partial charge < -0.3 is 14.5 Å². The number of halogens is 1. The van der Waals surface area contributed by atoms with E-state index < -0.39 is 0 Å². The Balaban J connectivity index is 1.79. The molecule has 0 spiro atoms. The van der Waals surface area contributed by atoms with Crippen LogP contribution in [0, 0.1) is 0 Å². The van der Waals surface area contributed by atoms with Gasteiger partial charge in [-0.15, -0.1) is 0 Å². The van der Waals surface area contributed by atoms with Crippen LogP contribution in [0.5, 0.6) is 5.75 Å². The lowest BCUT2D eigenvalue weighted by Gasteiger charge is -2.11. The summed E-state index contributed by atoms with van der Waals surface area (Å²) in [4.78, 5) is 4.52. The smallest absolute Gasteiger partial charge is 0.137 e. The highest BCUT2D eigenvalue weighted by molar-refractivity contribution is 6.31. The molecule has 0 aliphatic heterocycles. The van der Waals surface area contributed by atoms with Crippen LogP contribution in [0.1, 0.15) is 11.3 Å². The maximum absolute atomic E-state index is 6.21. The molecule has 0 unspecified atom stereocenters. The fourth-order valence-corrected chi connectivity index (χ4v) is 2.46. The van der Waals surface area contributed by atoms with Crippen molar-refractivity contribution in [2.75, 3.05) is 7.05 Å². The molecule has 0 aliphatic rings. The molecule has 2 aromatic heterocycles. The predicted octanol–water partition coefficient (Wildman–Crippen LogP) is 3.29. The molecule has 4 nitrogen and oxygen atoms in total. The zero-order valence-corrected chi connectivity index (χ0v) is 12.5. The summed E-state index contributed by atoms with van der Waals surface area (Å²) in [5.41, 5.74) is 2.76. The fraction of sp³-hybridized carbons (Fsp3) is 0.188. The van der Waals surface area contributed by atoms with Crippen LogP contribution < -0.4 is 10.1 Å². The molecule has 1 N–H and O–H groups in total. The van der Waals surface area contributed by atoms with Crippen molar-refractivity contribution in [3.8, 4) is 5.75 Å². The number of fused-ring (bicyclic) bond motifs is 1. The molecule has 0 bridgehead atoms. The van der Waals surface area contributed by atoms with E-state index in [-0.39, 0.29) is 0 Å². The number of hydrogen-bond acceptors (Lipinski definition) is 3. The summed E-state index contributed by atoms with van der Waals surface area (Å²) in [6.07, 6.45) is 3.94. The molecule has 0 aliphatic carbocycles. The van der Waals surface area contributed by atoms with E-state index in [1.165, 1.54) is 0 Å². The van der Waals surface area contributed by atoms with Crippen molar-refractivity contribution >= 4 is 17.2 Å². The third-order valence-corrected chi connectivity index (χ3v) is 3.57. The van der Waals surface area contributed by atoms with E-state index in [4.69, 9.17) is 16.3 Å². The van der Waals surface area contributed by atoms with Crippen LogP contribution in [0.25, 0.3) is 5.65 Å². The highest BCUT2D eigenvalue weighted by atomic mass is 35.5. The summed E-state index contributed by atoms with van der Waals surface area (Å²) in [7, 11) is 1.88. The number of rotatable bonds is 5. The van der Waals surface area contributed by atoms with Crippen molar-refractivity contribution in [2.24, 2.45) is 0 Å². The van der Waals surface area contributed by atoms with E-state index in [9.17, 15) is 0 Å². The Hall–Kier alpha value is -2.04. The van der Waals surface area contributed by atoms with Crippen LogP contribution in [0.2, 0.25) is 5.02 Å². The van der Waals surface area contributed by atoms with Gasteiger partial charge in [0.1, 0.15) is 18.0 Å². The van der Waals surface area contributed by atoms with E-state index in [2.05, 4.69) is 10.3 Å². The number of pyridine rings is 1. The highest BCUT2D eigenvalue weighted by Crippen LogP contribution is 2.26. The van der Waals surface area contributed by atoms with Gasteiger partial charge in [-0.1, -0.05) is 23.7 Å². The lowest BCUT2D eigenvalue weighted by Crippen LogP contribution is -2.08. The Kier molecular flexibility index (Phi) is 4.08. The number of nitrogens with zero attached hydrogens (tertiary/aromatic N) is 2. The minimum atomic E-state index is 0.415. The molecule has 0 saturated carbocycles. The molecular formula is C16H16ClN3O. The standard InChI is InChI=1S/C16H16ClN3O/c1-18-9-13-14(17)5-4-6-15(13)21-11-12-10-20-8-3-2-7-16(20)19-12/h2-8,10,18H,9,11H2,1H3. The average molecular weight is 302 g/mol. The first-order valence-corrected chi connectivity index (χ1v) is 7.13. The van der Waals surface area contributed by atoms with Crippen molar-refractivity contribution < 1.29 is 4.74 Å². The SMILES string of the molecule is CNCc1c(Cl)cccc1OCc1cn2ccccc2n1. The topological polar surface area (TPSA) is 38.6 Å². The van der Waals surface area contributed by atoms with Gasteiger partial charge in [0.25, 0.3) is 0 Å². The lowest BCUT2D eigenvalue weighted by molar-refractivity contribution is 0.298. The van der Waals surface area contributed by atoms with E-state index >= 15 is 0 Å². The molecular weight excluding hydrogens is 286 g/mol. The molecule has 0 fully saturated rings. The van der Waals surface area contributed by atoms with Gasteiger partial charge in [0.15, 0.2) is 0 Å². The Morgan fingerprint density at radius 2 is 2.14 bits per heavy atom. The molecule has 0 radical (unpaired) electrons. The number of aromatic nitrogens is 2. The van der Waals surface area contributed by atoms with Gasteiger partial charge in [0.05, 0.1) is 5.69 Å².